The third kappa shape index (κ3) is 3.42. The SMILES string of the molecule is Cc1ccc(C(=O)C(C#N)CC(C)C)c(C)c1. The van der Waals surface area contributed by atoms with Crippen molar-refractivity contribution in [1.82, 2.24) is 0 Å². The Hall–Kier alpha value is -1.62. The molecular weight excluding hydrogens is 210 g/mol. The molecule has 0 aliphatic carbocycles. The number of nitriles is 1. The highest BCUT2D eigenvalue weighted by molar-refractivity contribution is 6.00. The number of ketones is 1. The van der Waals surface area contributed by atoms with Crippen molar-refractivity contribution in [3.63, 3.8) is 0 Å². The molecule has 2 heteroatoms. The molecule has 0 heterocycles. The summed E-state index contributed by atoms with van der Waals surface area (Å²) in [5.41, 5.74) is 2.78. The molecule has 0 amide bonds. The first kappa shape index (κ1) is 13.4. The van der Waals surface area contributed by atoms with E-state index in [1.54, 1.807) is 0 Å². The lowest BCUT2D eigenvalue weighted by molar-refractivity contribution is 0.0936. The smallest absolute Gasteiger partial charge is 0.180 e. The fourth-order valence-electron chi connectivity index (χ4n) is 1.97. The van der Waals surface area contributed by atoms with Gasteiger partial charge >= 0.3 is 0 Å². The number of aryl methyl sites for hydroxylation is 2. The Morgan fingerprint density at radius 3 is 2.47 bits per heavy atom. The monoisotopic (exact) mass is 229 g/mol. The van der Waals surface area contributed by atoms with Crippen molar-refractivity contribution in [2.45, 2.75) is 34.1 Å². The van der Waals surface area contributed by atoms with Crippen molar-refractivity contribution >= 4 is 5.78 Å². The summed E-state index contributed by atoms with van der Waals surface area (Å²) in [5.74, 6) is -0.204. The largest absolute Gasteiger partial charge is 0.293 e. The van der Waals surface area contributed by atoms with Crippen LogP contribution in [0.15, 0.2) is 18.2 Å². The molecule has 0 saturated heterocycles. The third-order valence-electron chi connectivity index (χ3n) is 2.83. The Bertz CT molecular complexity index is 454. The van der Waals surface area contributed by atoms with Crippen LogP contribution in [0.25, 0.3) is 0 Å². The van der Waals surface area contributed by atoms with Gasteiger partial charge in [0.05, 0.1) is 6.07 Å². The van der Waals surface area contributed by atoms with Gasteiger partial charge in [-0.05, 0) is 31.7 Å². The molecule has 0 aliphatic rings. The van der Waals surface area contributed by atoms with Crippen LogP contribution in [0.3, 0.4) is 0 Å². The van der Waals surface area contributed by atoms with Crippen molar-refractivity contribution < 1.29 is 4.79 Å². The van der Waals surface area contributed by atoms with Crippen LogP contribution in [0.5, 0.6) is 0 Å². The summed E-state index contributed by atoms with van der Waals surface area (Å²) in [6, 6.07) is 7.86. The van der Waals surface area contributed by atoms with Gasteiger partial charge in [0.1, 0.15) is 5.92 Å². The van der Waals surface area contributed by atoms with Crippen LogP contribution >= 0.6 is 0 Å². The lowest BCUT2D eigenvalue weighted by Crippen LogP contribution is -2.16. The summed E-state index contributed by atoms with van der Waals surface area (Å²) in [4.78, 5) is 12.2. The van der Waals surface area contributed by atoms with E-state index in [-0.39, 0.29) is 5.78 Å². The van der Waals surface area contributed by atoms with Crippen molar-refractivity contribution in [3.8, 4) is 6.07 Å². The zero-order valence-corrected chi connectivity index (χ0v) is 10.9. The van der Waals surface area contributed by atoms with E-state index in [2.05, 4.69) is 6.07 Å². The molecule has 0 fully saturated rings. The molecule has 1 aromatic carbocycles. The number of nitrogens with zero attached hydrogens (tertiary/aromatic N) is 1. The molecule has 1 rings (SSSR count). The predicted molar refractivity (Wildman–Crippen MR) is 68.8 cm³/mol. The maximum absolute atomic E-state index is 12.2. The van der Waals surface area contributed by atoms with Gasteiger partial charge < -0.3 is 0 Å². The molecule has 0 radical (unpaired) electrons. The van der Waals surface area contributed by atoms with Crippen LogP contribution in [-0.2, 0) is 0 Å². The molecule has 1 unspecified atom stereocenters. The van der Waals surface area contributed by atoms with Crippen LogP contribution < -0.4 is 0 Å². The van der Waals surface area contributed by atoms with Gasteiger partial charge in [-0.2, -0.15) is 5.26 Å². The minimum absolute atomic E-state index is 0.0429. The summed E-state index contributed by atoms with van der Waals surface area (Å²) in [5, 5.41) is 9.08. The van der Waals surface area contributed by atoms with Gasteiger partial charge in [0.25, 0.3) is 0 Å². The molecule has 0 aliphatic heterocycles. The molecule has 0 spiro atoms. The van der Waals surface area contributed by atoms with E-state index in [0.717, 1.165) is 11.1 Å². The second-order valence-corrected chi connectivity index (χ2v) is 4.99. The fraction of sp³-hybridized carbons (Fsp3) is 0.467. The molecule has 2 nitrogen and oxygen atoms in total. The average Bonchev–Trinajstić information content (AvgIpc) is 2.24. The molecule has 17 heavy (non-hydrogen) atoms. The second kappa shape index (κ2) is 5.63. The van der Waals surface area contributed by atoms with Gasteiger partial charge in [0.2, 0.25) is 0 Å². The Kier molecular flexibility index (Phi) is 4.45. The molecule has 1 atom stereocenters. The zero-order valence-electron chi connectivity index (χ0n) is 10.9. The van der Waals surface area contributed by atoms with Gasteiger partial charge in [-0.3, -0.25) is 4.79 Å². The molecule has 90 valence electrons. The quantitative estimate of drug-likeness (QED) is 0.739. The Morgan fingerprint density at radius 2 is 2.00 bits per heavy atom. The zero-order chi connectivity index (χ0) is 13.0. The van der Waals surface area contributed by atoms with Gasteiger partial charge in [-0.15, -0.1) is 0 Å². The first-order valence-corrected chi connectivity index (χ1v) is 5.96. The minimum Gasteiger partial charge on any atom is -0.293 e. The summed E-state index contributed by atoms with van der Waals surface area (Å²) < 4.78 is 0. The van der Waals surface area contributed by atoms with Crippen molar-refractivity contribution in [2.24, 2.45) is 11.8 Å². The number of Topliss-reactive ketones (excluding diaryl/α,β-unsaturated/α-hetero) is 1. The average molecular weight is 229 g/mol. The number of hydrogen-bond donors (Lipinski definition) is 0. The van der Waals surface area contributed by atoms with E-state index >= 15 is 0 Å². The standard InChI is InChI=1S/C15H19NO/c1-10(2)7-13(9-16)15(17)14-6-5-11(3)8-12(14)4/h5-6,8,10,13H,7H2,1-4H3. The van der Waals surface area contributed by atoms with Crippen LogP contribution in [0.2, 0.25) is 0 Å². The van der Waals surface area contributed by atoms with Crippen LogP contribution in [0, 0.1) is 37.0 Å². The highest BCUT2D eigenvalue weighted by Gasteiger charge is 2.21. The molecule has 0 aromatic heterocycles. The normalized spacial score (nSPS) is 12.2. The topological polar surface area (TPSA) is 40.9 Å². The van der Waals surface area contributed by atoms with Crippen molar-refractivity contribution in [1.29, 1.82) is 5.26 Å². The molecular formula is C15H19NO. The molecule has 0 N–H and O–H groups in total. The third-order valence-corrected chi connectivity index (χ3v) is 2.83. The number of hydrogen-bond acceptors (Lipinski definition) is 2. The van der Waals surface area contributed by atoms with Crippen LogP contribution in [0.1, 0.15) is 41.8 Å². The van der Waals surface area contributed by atoms with E-state index < -0.39 is 5.92 Å². The lowest BCUT2D eigenvalue weighted by atomic mass is 9.89. The van der Waals surface area contributed by atoms with E-state index in [1.165, 1.54) is 0 Å². The van der Waals surface area contributed by atoms with E-state index in [0.29, 0.717) is 17.9 Å². The first-order chi connectivity index (χ1) is 7.95. The minimum atomic E-state index is -0.517. The van der Waals surface area contributed by atoms with E-state index in [1.807, 2.05) is 45.9 Å². The summed E-state index contributed by atoms with van der Waals surface area (Å²) >= 11 is 0. The highest BCUT2D eigenvalue weighted by Crippen LogP contribution is 2.20. The molecule has 1 aromatic rings. The number of benzene rings is 1. The summed E-state index contributed by atoms with van der Waals surface area (Å²) in [7, 11) is 0. The van der Waals surface area contributed by atoms with Crippen LogP contribution in [-0.4, -0.2) is 5.78 Å². The van der Waals surface area contributed by atoms with E-state index in [4.69, 9.17) is 5.26 Å². The van der Waals surface area contributed by atoms with Gasteiger partial charge in [0.15, 0.2) is 5.78 Å². The van der Waals surface area contributed by atoms with Crippen LogP contribution in [0.4, 0.5) is 0 Å². The van der Waals surface area contributed by atoms with E-state index in [9.17, 15) is 4.79 Å². The van der Waals surface area contributed by atoms with Gasteiger partial charge in [-0.25, -0.2) is 0 Å². The maximum Gasteiger partial charge on any atom is 0.180 e. The van der Waals surface area contributed by atoms with Gasteiger partial charge in [0, 0.05) is 5.56 Å². The van der Waals surface area contributed by atoms with Crippen molar-refractivity contribution in [3.05, 3.63) is 34.9 Å². The van der Waals surface area contributed by atoms with Gasteiger partial charge in [-0.1, -0.05) is 37.6 Å². The Morgan fingerprint density at radius 1 is 1.35 bits per heavy atom. The number of carbonyl (C=O) groups is 1. The summed E-state index contributed by atoms with van der Waals surface area (Å²) in [6.45, 7) is 7.97. The molecule has 0 bridgehead atoms. The predicted octanol–water partition coefficient (Wildman–Crippen LogP) is 3.67. The maximum atomic E-state index is 12.2. The highest BCUT2D eigenvalue weighted by atomic mass is 16.1. The molecule has 0 saturated carbocycles. The lowest BCUT2D eigenvalue weighted by Gasteiger charge is -2.12. The second-order valence-electron chi connectivity index (χ2n) is 4.99. The number of rotatable bonds is 4. The first-order valence-electron chi connectivity index (χ1n) is 5.96. The Balaban J connectivity index is 2.99. The fourth-order valence-corrected chi connectivity index (χ4v) is 1.97. The number of carbonyl (C=O) groups excluding carboxylic acids is 1. The summed E-state index contributed by atoms with van der Waals surface area (Å²) in [6.07, 6.45) is 0.628. The Labute approximate surface area is 103 Å². The van der Waals surface area contributed by atoms with Crippen molar-refractivity contribution in [2.75, 3.05) is 0 Å².